The molecule has 0 heterocycles. The molecule has 1 atom stereocenters. The molecule has 0 aliphatic rings. The van der Waals surface area contributed by atoms with Crippen LogP contribution >= 0.6 is 0 Å². The van der Waals surface area contributed by atoms with Crippen LogP contribution in [0.2, 0.25) is 0 Å². The Hall–Kier alpha value is -4.08. The molecule has 152 valence electrons. The largest absolute Gasteiger partial charge is 0.504 e. The van der Waals surface area contributed by atoms with Crippen molar-refractivity contribution in [2.24, 2.45) is 0 Å². The first-order valence-electron chi connectivity index (χ1n) is 8.16. The smallest absolute Gasteiger partial charge is 0.331 e. The van der Waals surface area contributed by atoms with Gasteiger partial charge in [-0.05, 0) is 29.8 Å². The van der Waals surface area contributed by atoms with Gasteiger partial charge < -0.3 is 24.8 Å². The van der Waals surface area contributed by atoms with Gasteiger partial charge in [-0.3, -0.25) is 14.9 Å². The van der Waals surface area contributed by atoms with Crippen molar-refractivity contribution in [2.45, 2.75) is 12.5 Å². The number of esters is 2. The van der Waals surface area contributed by atoms with Crippen LogP contribution in [-0.4, -0.2) is 39.3 Å². The molecule has 3 N–H and O–H groups in total. The highest BCUT2D eigenvalue weighted by Gasteiger charge is 2.24. The molecule has 0 fully saturated rings. The van der Waals surface area contributed by atoms with Gasteiger partial charge in [0.1, 0.15) is 6.10 Å². The molecule has 2 rings (SSSR count). The maximum atomic E-state index is 12.2. The van der Waals surface area contributed by atoms with Gasteiger partial charge in [-0.15, -0.1) is 0 Å². The van der Waals surface area contributed by atoms with Crippen molar-refractivity contribution in [2.75, 3.05) is 7.11 Å². The molecular formula is C19H17NO9. The van der Waals surface area contributed by atoms with Crippen molar-refractivity contribution < 1.29 is 39.3 Å². The van der Waals surface area contributed by atoms with Crippen molar-refractivity contribution in [3.8, 4) is 17.2 Å². The molecule has 10 heteroatoms. The summed E-state index contributed by atoms with van der Waals surface area (Å²) in [5.41, 5.74) is -0.102. The number of hydrogen-bond donors (Lipinski definition) is 3. The number of nitro groups is 1. The van der Waals surface area contributed by atoms with Crippen LogP contribution in [0.15, 0.2) is 42.5 Å². The molecule has 0 spiro atoms. The molecule has 2 aromatic carbocycles. The monoisotopic (exact) mass is 403 g/mol. The Morgan fingerprint density at radius 1 is 1.10 bits per heavy atom. The lowest BCUT2D eigenvalue weighted by Crippen LogP contribution is -2.15. The predicted octanol–water partition coefficient (Wildman–Crippen LogP) is 2.57. The second-order valence-corrected chi connectivity index (χ2v) is 5.79. The van der Waals surface area contributed by atoms with E-state index < -0.39 is 40.8 Å². The van der Waals surface area contributed by atoms with Crippen LogP contribution in [0.1, 0.15) is 23.7 Å². The van der Waals surface area contributed by atoms with E-state index in [2.05, 4.69) is 4.74 Å². The second kappa shape index (κ2) is 9.22. The third-order valence-corrected chi connectivity index (χ3v) is 3.82. The number of nitrogens with zero attached hydrogens (tertiary/aromatic N) is 1. The number of hydrogen-bond acceptors (Lipinski definition) is 9. The zero-order valence-corrected chi connectivity index (χ0v) is 15.1. The number of nitro benzene ring substituents is 1. The summed E-state index contributed by atoms with van der Waals surface area (Å²) in [5, 5.41) is 39.3. The van der Waals surface area contributed by atoms with Crippen molar-refractivity contribution in [1.82, 2.24) is 0 Å². The zero-order chi connectivity index (χ0) is 21.6. The van der Waals surface area contributed by atoms with E-state index in [0.29, 0.717) is 5.56 Å². The summed E-state index contributed by atoms with van der Waals surface area (Å²) in [6.45, 7) is 0. The van der Waals surface area contributed by atoms with Crippen LogP contribution in [0.25, 0.3) is 6.08 Å². The van der Waals surface area contributed by atoms with E-state index >= 15 is 0 Å². The van der Waals surface area contributed by atoms with Crippen LogP contribution in [0.3, 0.4) is 0 Å². The third-order valence-electron chi connectivity index (χ3n) is 3.82. The molecule has 10 nitrogen and oxygen atoms in total. The van der Waals surface area contributed by atoms with E-state index in [0.717, 1.165) is 25.3 Å². The maximum absolute atomic E-state index is 12.2. The number of methoxy groups -OCH3 is 1. The summed E-state index contributed by atoms with van der Waals surface area (Å²) < 4.78 is 9.77. The standard InChI is InChI=1S/C19H17NO9/c1-28-19(25)10-17(12-4-6-14(21)13(9-12)20(26)27)29-18(24)7-3-11-2-5-15(22)16(23)8-11/h2-9,17,21-23H,10H2,1H3/b7-3+. The Labute approximate surface area is 164 Å². The normalized spacial score (nSPS) is 11.8. The number of ether oxygens (including phenoxy) is 2. The van der Waals surface area contributed by atoms with Gasteiger partial charge in [-0.25, -0.2) is 4.79 Å². The first-order chi connectivity index (χ1) is 13.7. The number of phenols is 3. The lowest BCUT2D eigenvalue weighted by Gasteiger charge is -2.16. The highest BCUT2D eigenvalue weighted by molar-refractivity contribution is 5.87. The van der Waals surface area contributed by atoms with Crippen LogP contribution in [0.5, 0.6) is 17.2 Å². The van der Waals surface area contributed by atoms with Gasteiger partial charge in [-0.2, -0.15) is 0 Å². The fourth-order valence-corrected chi connectivity index (χ4v) is 2.34. The van der Waals surface area contributed by atoms with Crippen molar-refractivity contribution in [1.29, 1.82) is 0 Å². The van der Waals surface area contributed by atoms with Crippen molar-refractivity contribution >= 4 is 23.7 Å². The van der Waals surface area contributed by atoms with E-state index in [9.17, 15) is 35.0 Å². The lowest BCUT2D eigenvalue weighted by atomic mass is 10.1. The zero-order valence-electron chi connectivity index (χ0n) is 15.1. The highest BCUT2D eigenvalue weighted by Crippen LogP contribution is 2.32. The summed E-state index contributed by atoms with van der Waals surface area (Å²) in [6, 6.07) is 7.22. The molecule has 1 unspecified atom stereocenters. The molecule has 0 aliphatic heterocycles. The number of carbonyl (C=O) groups is 2. The molecule has 0 bridgehead atoms. The second-order valence-electron chi connectivity index (χ2n) is 5.79. The van der Waals surface area contributed by atoms with E-state index in [4.69, 9.17) is 4.74 Å². The Kier molecular flexibility index (Phi) is 6.75. The lowest BCUT2D eigenvalue weighted by molar-refractivity contribution is -0.386. The minimum atomic E-state index is -1.20. The Morgan fingerprint density at radius 3 is 2.41 bits per heavy atom. The first-order valence-corrected chi connectivity index (χ1v) is 8.16. The van der Waals surface area contributed by atoms with E-state index in [1.807, 2.05) is 0 Å². The fraction of sp³-hybridized carbons (Fsp3) is 0.158. The van der Waals surface area contributed by atoms with E-state index in [-0.39, 0.29) is 17.1 Å². The molecule has 0 radical (unpaired) electrons. The molecule has 0 saturated heterocycles. The maximum Gasteiger partial charge on any atom is 0.331 e. The Balaban J connectivity index is 2.24. The minimum absolute atomic E-state index is 0.115. The number of rotatable bonds is 7. The SMILES string of the molecule is COC(=O)CC(OC(=O)/C=C/c1ccc(O)c(O)c1)c1ccc(O)c([N+](=O)[O-])c1. The van der Waals surface area contributed by atoms with Crippen LogP contribution < -0.4 is 0 Å². The topological polar surface area (TPSA) is 156 Å². The summed E-state index contributed by atoms with van der Waals surface area (Å²) in [6.07, 6.45) is 0.714. The van der Waals surface area contributed by atoms with Gasteiger partial charge in [-0.1, -0.05) is 12.1 Å². The van der Waals surface area contributed by atoms with Crippen molar-refractivity contribution in [3.63, 3.8) is 0 Å². The summed E-state index contributed by atoms with van der Waals surface area (Å²) >= 11 is 0. The molecule has 0 aliphatic carbocycles. The van der Waals surface area contributed by atoms with Crippen LogP contribution in [-0.2, 0) is 19.1 Å². The minimum Gasteiger partial charge on any atom is -0.504 e. The van der Waals surface area contributed by atoms with Crippen LogP contribution in [0, 0.1) is 10.1 Å². The summed E-state index contributed by atoms with van der Waals surface area (Å²) in [4.78, 5) is 34.0. The Morgan fingerprint density at radius 2 is 1.79 bits per heavy atom. The average molecular weight is 403 g/mol. The third kappa shape index (κ3) is 5.70. The number of benzene rings is 2. The summed E-state index contributed by atoms with van der Waals surface area (Å²) in [5.74, 6) is -2.86. The summed E-state index contributed by atoms with van der Waals surface area (Å²) in [7, 11) is 1.14. The van der Waals surface area contributed by atoms with Gasteiger partial charge in [0, 0.05) is 17.7 Å². The predicted molar refractivity (Wildman–Crippen MR) is 99.0 cm³/mol. The molecule has 0 amide bonds. The van der Waals surface area contributed by atoms with E-state index in [1.165, 1.54) is 30.3 Å². The van der Waals surface area contributed by atoms with Gasteiger partial charge >= 0.3 is 17.6 Å². The highest BCUT2D eigenvalue weighted by atomic mass is 16.6. The molecule has 0 saturated carbocycles. The number of phenolic OH excluding ortho intramolecular Hbond substituents is 3. The quantitative estimate of drug-likeness (QED) is 0.208. The van der Waals surface area contributed by atoms with Crippen molar-refractivity contribution in [3.05, 3.63) is 63.7 Å². The van der Waals surface area contributed by atoms with Gasteiger partial charge in [0.05, 0.1) is 18.5 Å². The van der Waals surface area contributed by atoms with Gasteiger partial charge in [0.15, 0.2) is 17.2 Å². The van der Waals surface area contributed by atoms with Gasteiger partial charge in [0.2, 0.25) is 0 Å². The average Bonchev–Trinajstić information content (AvgIpc) is 2.68. The van der Waals surface area contributed by atoms with Gasteiger partial charge in [0.25, 0.3) is 0 Å². The van der Waals surface area contributed by atoms with E-state index in [1.54, 1.807) is 0 Å². The first kappa shape index (κ1) is 21.2. The molecule has 2 aromatic rings. The Bertz CT molecular complexity index is 968. The molecular weight excluding hydrogens is 386 g/mol. The molecule has 0 aromatic heterocycles. The number of aromatic hydroxyl groups is 3. The number of carbonyl (C=O) groups excluding carboxylic acids is 2. The fourth-order valence-electron chi connectivity index (χ4n) is 2.34. The van der Waals surface area contributed by atoms with Crippen LogP contribution in [0.4, 0.5) is 5.69 Å². The molecule has 29 heavy (non-hydrogen) atoms.